The normalized spacial score (nSPS) is 15.5. The van der Waals surface area contributed by atoms with Crippen molar-refractivity contribution >= 4 is 11.7 Å². The molecular weight excluding hydrogens is 288 g/mol. The van der Waals surface area contributed by atoms with E-state index in [9.17, 15) is 4.79 Å². The highest BCUT2D eigenvalue weighted by atomic mass is 16.2. The SMILES string of the molecule is Cc1ccc(C(=O)N2CCC(Nc3ccncn3)CC2)cc1C. The van der Waals surface area contributed by atoms with E-state index in [2.05, 4.69) is 22.2 Å². The molecule has 2 aromatic rings. The first-order valence-electron chi connectivity index (χ1n) is 8.02. The summed E-state index contributed by atoms with van der Waals surface area (Å²) in [5, 5.41) is 3.41. The molecular formula is C18H22N4O. The van der Waals surface area contributed by atoms with Gasteiger partial charge in [-0.1, -0.05) is 6.07 Å². The second kappa shape index (κ2) is 6.77. The van der Waals surface area contributed by atoms with E-state index in [4.69, 9.17) is 0 Å². The maximum atomic E-state index is 12.6. The van der Waals surface area contributed by atoms with Crippen LogP contribution in [0, 0.1) is 13.8 Å². The fourth-order valence-electron chi connectivity index (χ4n) is 2.87. The van der Waals surface area contributed by atoms with Crippen molar-refractivity contribution in [2.45, 2.75) is 32.7 Å². The molecule has 5 nitrogen and oxygen atoms in total. The average molecular weight is 310 g/mol. The number of nitrogens with one attached hydrogen (secondary N) is 1. The average Bonchev–Trinajstić information content (AvgIpc) is 2.58. The van der Waals surface area contributed by atoms with Gasteiger partial charge in [0.1, 0.15) is 12.1 Å². The Morgan fingerprint density at radius 2 is 1.96 bits per heavy atom. The summed E-state index contributed by atoms with van der Waals surface area (Å²) in [5.41, 5.74) is 3.17. The first-order chi connectivity index (χ1) is 11.1. The molecule has 1 aromatic carbocycles. The molecule has 0 saturated carbocycles. The van der Waals surface area contributed by atoms with Gasteiger partial charge in [0.05, 0.1) is 0 Å². The van der Waals surface area contributed by atoms with Crippen molar-refractivity contribution in [3.63, 3.8) is 0 Å². The maximum Gasteiger partial charge on any atom is 0.253 e. The smallest absolute Gasteiger partial charge is 0.253 e. The number of amides is 1. The first-order valence-corrected chi connectivity index (χ1v) is 8.02. The van der Waals surface area contributed by atoms with E-state index in [1.54, 1.807) is 12.5 Å². The Balaban J connectivity index is 1.58. The second-order valence-corrected chi connectivity index (χ2v) is 6.10. The molecule has 1 saturated heterocycles. The minimum atomic E-state index is 0.133. The third-order valence-electron chi connectivity index (χ3n) is 4.47. The van der Waals surface area contributed by atoms with Crippen LogP contribution in [-0.4, -0.2) is 39.9 Å². The van der Waals surface area contributed by atoms with E-state index in [1.807, 2.05) is 36.1 Å². The minimum absolute atomic E-state index is 0.133. The van der Waals surface area contributed by atoms with E-state index in [-0.39, 0.29) is 5.91 Å². The molecule has 0 spiro atoms. The Morgan fingerprint density at radius 1 is 1.17 bits per heavy atom. The van der Waals surface area contributed by atoms with Crippen LogP contribution in [0.15, 0.2) is 36.8 Å². The highest BCUT2D eigenvalue weighted by Gasteiger charge is 2.23. The Hall–Kier alpha value is -2.43. The molecule has 0 radical (unpaired) electrons. The van der Waals surface area contributed by atoms with E-state index in [0.29, 0.717) is 6.04 Å². The van der Waals surface area contributed by atoms with Gasteiger partial charge in [-0.05, 0) is 56.0 Å². The molecule has 1 aliphatic heterocycles. The fraction of sp³-hybridized carbons (Fsp3) is 0.389. The topological polar surface area (TPSA) is 58.1 Å². The van der Waals surface area contributed by atoms with Crippen molar-refractivity contribution in [3.8, 4) is 0 Å². The van der Waals surface area contributed by atoms with Crippen LogP contribution in [0.2, 0.25) is 0 Å². The van der Waals surface area contributed by atoms with Gasteiger partial charge in [-0.2, -0.15) is 0 Å². The van der Waals surface area contributed by atoms with Crippen molar-refractivity contribution in [1.29, 1.82) is 0 Å². The van der Waals surface area contributed by atoms with Crippen molar-refractivity contribution < 1.29 is 4.79 Å². The number of rotatable bonds is 3. The number of aryl methyl sites for hydroxylation is 2. The van der Waals surface area contributed by atoms with Crippen LogP contribution in [0.5, 0.6) is 0 Å². The Kier molecular flexibility index (Phi) is 4.55. The van der Waals surface area contributed by atoms with E-state index < -0.39 is 0 Å². The molecule has 1 N–H and O–H groups in total. The summed E-state index contributed by atoms with van der Waals surface area (Å²) in [4.78, 5) is 22.7. The molecule has 0 atom stereocenters. The van der Waals surface area contributed by atoms with Crippen LogP contribution >= 0.6 is 0 Å². The number of anilines is 1. The zero-order valence-electron chi connectivity index (χ0n) is 13.6. The summed E-state index contributed by atoms with van der Waals surface area (Å²) < 4.78 is 0. The predicted octanol–water partition coefficient (Wildman–Crippen LogP) is 2.81. The van der Waals surface area contributed by atoms with Crippen molar-refractivity contribution in [3.05, 3.63) is 53.5 Å². The molecule has 1 fully saturated rings. The number of piperidine rings is 1. The van der Waals surface area contributed by atoms with Crippen LogP contribution < -0.4 is 5.32 Å². The third kappa shape index (κ3) is 3.67. The van der Waals surface area contributed by atoms with Gasteiger partial charge in [-0.15, -0.1) is 0 Å². The Morgan fingerprint density at radius 3 is 2.61 bits per heavy atom. The fourth-order valence-corrected chi connectivity index (χ4v) is 2.87. The van der Waals surface area contributed by atoms with E-state index in [0.717, 1.165) is 42.9 Å². The van der Waals surface area contributed by atoms with Gasteiger partial charge in [-0.3, -0.25) is 4.79 Å². The number of hydrogen-bond acceptors (Lipinski definition) is 4. The summed E-state index contributed by atoms with van der Waals surface area (Å²) in [6.45, 7) is 5.65. The van der Waals surface area contributed by atoms with Gasteiger partial charge in [0, 0.05) is 30.9 Å². The second-order valence-electron chi connectivity index (χ2n) is 6.10. The molecule has 5 heteroatoms. The van der Waals surface area contributed by atoms with Crippen molar-refractivity contribution in [2.24, 2.45) is 0 Å². The molecule has 0 aliphatic carbocycles. The number of nitrogens with zero attached hydrogens (tertiary/aromatic N) is 3. The van der Waals surface area contributed by atoms with Gasteiger partial charge in [-0.25, -0.2) is 9.97 Å². The molecule has 1 aromatic heterocycles. The monoisotopic (exact) mass is 310 g/mol. The third-order valence-corrected chi connectivity index (χ3v) is 4.47. The highest BCUT2D eigenvalue weighted by molar-refractivity contribution is 5.94. The molecule has 120 valence electrons. The lowest BCUT2D eigenvalue weighted by Gasteiger charge is -2.32. The van der Waals surface area contributed by atoms with Crippen LogP contribution in [0.3, 0.4) is 0 Å². The van der Waals surface area contributed by atoms with Gasteiger partial charge < -0.3 is 10.2 Å². The molecule has 1 aliphatic rings. The Labute approximate surface area is 136 Å². The number of carbonyl (C=O) groups is 1. The minimum Gasteiger partial charge on any atom is -0.367 e. The highest BCUT2D eigenvalue weighted by Crippen LogP contribution is 2.18. The summed E-state index contributed by atoms with van der Waals surface area (Å²) in [6.07, 6.45) is 5.13. The first kappa shape index (κ1) is 15.5. The molecule has 2 heterocycles. The predicted molar refractivity (Wildman–Crippen MR) is 90.5 cm³/mol. The van der Waals surface area contributed by atoms with Gasteiger partial charge in [0.25, 0.3) is 5.91 Å². The standard InChI is InChI=1S/C18H22N4O/c1-13-3-4-15(11-14(13)2)18(23)22-9-6-16(7-10-22)21-17-5-8-19-12-20-17/h3-5,8,11-12,16H,6-7,9-10H2,1-2H3,(H,19,20,21). The zero-order chi connectivity index (χ0) is 16.2. The largest absolute Gasteiger partial charge is 0.367 e. The van der Waals surface area contributed by atoms with E-state index in [1.165, 1.54) is 5.56 Å². The van der Waals surface area contributed by atoms with Crippen LogP contribution in [0.4, 0.5) is 5.82 Å². The van der Waals surface area contributed by atoms with Crippen LogP contribution in [0.25, 0.3) is 0 Å². The zero-order valence-corrected chi connectivity index (χ0v) is 13.6. The summed E-state index contributed by atoms with van der Waals surface area (Å²) >= 11 is 0. The number of hydrogen-bond donors (Lipinski definition) is 1. The lowest BCUT2D eigenvalue weighted by molar-refractivity contribution is 0.0718. The number of benzene rings is 1. The van der Waals surface area contributed by atoms with Gasteiger partial charge in [0.2, 0.25) is 0 Å². The Bertz CT molecular complexity index is 679. The molecule has 23 heavy (non-hydrogen) atoms. The van der Waals surface area contributed by atoms with Gasteiger partial charge in [0.15, 0.2) is 0 Å². The van der Waals surface area contributed by atoms with E-state index >= 15 is 0 Å². The van der Waals surface area contributed by atoms with Gasteiger partial charge >= 0.3 is 0 Å². The van der Waals surface area contributed by atoms with Crippen LogP contribution in [0.1, 0.15) is 34.3 Å². The summed E-state index contributed by atoms with van der Waals surface area (Å²) in [6, 6.07) is 8.16. The lowest BCUT2D eigenvalue weighted by Crippen LogP contribution is -2.42. The van der Waals surface area contributed by atoms with Crippen molar-refractivity contribution in [2.75, 3.05) is 18.4 Å². The lowest BCUT2D eigenvalue weighted by atomic mass is 10.0. The molecule has 0 unspecified atom stereocenters. The molecule has 0 bridgehead atoms. The number of carbonyl (C=O) groups excluding carboxylic acids is 1. The quantitative estimate of drug-likeness (QED) is 0.947. The van der Waals surface area contributed by atoms with Crippen LogP contribution in [-0.2, 0) is 0 Å². The molecule has 3 rings (SSSR count). The number of aromatic nitrogens is 2. The summed E-state index contributed by atoms with van der Waals surface area (Å²) in [7, 11) is 0. The summed E-state index contributed by atoms with van der Waals surface area (Å²) in [5.74, 6) is 0.979. The maximum absolute atomic E-state index is 12.6. The van der Waals surface area contributed by atoms with Crippen molar-refractivity contribution in [1.82, 2.24) is 14.9 Å². The number of likely N-dealkylation sites (tertiary alicyclic amines) is 1. The molecule has 1 amide bonds.